The molecule has 0 bridgehead atoms. The quantitative estimate of drug-likeness (QED) is 0.838. The fourth-order valence-corrected chi connectivity index (χ4v) is 1.65. The lowest BCUT2D eigenvalue weighted by Gasteiger charge is -2.03. The van der Waals surface area contributed by atoms with Crippen molar-refractivity contribution in [3.8, 4) is 5.75 Å². The maximum atomic E-state index is 9.59. The molecule has 2 nitrogen and oxygen atoms in total. The standard InChI is InChI=1S/C14H14O.C2H4O/c15-14-9-5-4-8-13(14)11-10-12-6-2-1-3-7-12;1-2-3-1/h1-9,15H,10-11H2;1-2H2. The molecule has 1 saturated heterocycles. The summed E-state index contributed by atoms with van der Waals surface area (Å²) in [6.07, 6.45) is 1.86. The Morgan fingerprint density at radius 1 is 0.833 bits per heavy atom. The molecule has 0 atom stereocenters. The van der Waals surface area contributed by atoms with Crippen LogP contribution in [0.2, 0.25) is 0 Å². The van der Waals surface area contributed by atoms with Gasteiger partial charge in [0.25, 0.3) is 0 Å². The molecule has 1 aliphatic heterocycles. The number of aromatic hydroxyl groups is 1. The Kier molecular flexibility index (Phi) is 4.79. The highest BCUT2D eigenvalue weighted by Crippen LogP contribution is 2.17. The number of benzene rings is 2. The molecule has 0 spiro atoms. The van der Waals surface area contributed by atoms with Crippen LogP contribution in [0.15, 0.2) is 54.6 Å². The van der Waals surface area contributed by atoms with Gasteiger partial charge in [0, 0.05) is 0 Å². The molecule has 94 valence electrons. The molecule has 0 aliphatic carbocycles. The molecule has 0 unspecified atom stereocenters. The minimum Gasteiger partial charge on any atom is -0.508 e. The van der Waals surface area contributed by atoms with Crippen molar-refractivity contribution in [2.75, 3.05) is 13.2 Å². The van der Waals surface area contributed by atoms with Crippen molar-refractivity contribution in [1.82, 2.24) is 0 Å². The number of phenolic OH excluding ortho intramolecular Hbond substituents is 1. The van der Waals surface area contributed by atoms with E-state index in [1.807, 2.05) is 36.4 Å². The van der Waals surface area contributed by atoms with Gasteiger partial charge in [-0.15, -0.1) is 0 Å². The van der Waals surface area contributed by atoms with Crippen molar-refractivity contribution in [2.24, 2.45) is 0 Å². The zero-order valence-electron chi connectivity index (χ0n) is 10.4. The van der Waals surface area contributed by atoms with Gasteiger partial charge >= 0.3 is 0 Å². The second kappa shape index (κ2) is 6.82. The molecule has 0 saturated carbocycles. The number of ether oxygens (including phenoxy) is 1. The molecule has 0 radical (unpaired) electrons. The Morgan fingerprint density at radius 3 is 2.06 bits per heavy atom. The number of hydrogen-bond donors (Lipinski definition) is 1. The van der Waals surface area contributed by atoms with E-state index in [1.54, 1.807) is 6.07 Å². The van der Waals surface area contributed by atoms with Crippen LogP contribution in [0.25, 0.3) is 0 Å². The highest BCUT2D eigenvalue weighted by atomic mass is 16.6. The Labute approximate surface area is 108 Å². The Morgan fingerprint density at radius 2 is 1.44 bits per heavy atom. The second-order valence-corrected chi connectivity index (χ2v) is 4.23. The van der Waals surface area contributed by atoms with Crippen LogP contribution >= 0.6 is 0 Å². The van der Waals surface area contributed by atoms with Gasteiger partial charge in [-0.25, -0.2) is 0 Å². The van der Waals surface area contributed by atoms with Crippen LogP contribution in [0.3, 0.4) is 0 Å². The third-order valence-corrected chi connectivity index (χ3v) is 2.72. The smallest absolute Gasteiger partial charge is 0.118 e. The molecule has 3 rings (SSSR count). The minimum atomic E-state index is 0.397. The van der Waals surface area contributed by atoms with Crippen molar-refractivity contribution >= 4 is 0 Å². The van der Waals surface area contributed by atoms with Gasteiger partial charge in [0.2, 0.25) is 0 Å². The molecule has 2 heteroatoms. The maximum Gasteiger partial charge on any atom is 0.118 e. The zero-order chi connectivity index (χ0) is 12.6. The van der Waals surface area contributed by atoms with Gasteiger partial charge in [-0.05, 0) is 30.0 Å². The van der Waals surface area contributed by atoms with Crippen LogP contribution < -0.4 is 0 Å². The summed E-state index contributed by atoms with van der Waals surface area (Å²) >= 11 is 0. The number of rotatable bonds is 3. The van der Waals surface area contributed by atoms with Crippen molar-refractivity contribution in [3.63, 3.8) is 0 Å². The minimum absolute atomic E-state index is 0.397. The van der Waals surface area contributed by atoms with Crippen LogP contribution in [0.1, 0.15) is 11.1 Å². The van der Waals surface area contributed by atoms with E-state index in [-0.39, 0.29) is 0 Å². The van der Waals surface area contributed by atoms with Gasteiger partial charge in [0.05, 0.1) is 13.2 Å². The predicted molar refractivity (Wildman–Crippen MR) is 72.8 cm³/mol. The molecular formula is C16H18O2. The third-order valence-electron chi connectivity index (χ3n) is 2.72. The van der Waals surface area contributed by atoms with E-state index in [2.05, 4.69) is 16.9 Å². The Hall–Kier alpha value is -1.80. The molecule has 18 heavy (non-hydrogen) atoms. The first kappa shape index (κ1) is 12.7. The molecule has 1 N–H and O–H groups in total. The fourth-order valence-electron chi connectivity index (χ4n) is 1.65. The molecule has 0 aromatic heterocycles. The normalized spacial score (nSPS) is 12.4. The summed E-state index contributed by atoms with van der Waals surface area (Å²) in [6.45, 7) is 2.00. The van der Waals surface area contributed by atoms with Crippen LogP contribution in [0, 0.1) is 0 Å². The van der Waals surface area contributed by atoms with Crippen molar-refractivity contribution in [3.05, 3.63) is 65.7 Å². The van der Waals surface area contributed by atoms with Crippen molar-refractivity contribution in [2.45, 2.75) is 12.8 Å². The molecule has 1 fully saturated rings. The van der Waals surface area contributed by atoms with E-state index in [1.165, 1.54) is 5.56 Å². The molecule has 1 aliphatic rings. The highest BCUT2D eigenvalue weighted by molar-refractivity contribution is 5.32. The number of hydrogen-bond acceptors (Lipinski definition) is 2. The lowest BCUT2D eigenvalue weighted by atomic mass is 10.0. The lowest BCUT2D eigenvalue weighted by Crippen LogP contribution is -1.91. The summed E-state index contributed by atoms with van der Waals surface area (Å²) in [4.78, 5) is 0. The van der Waals surface area contributed by atoms with Gasteiger partial charge in [-0.1, -0.05) is 48.5 Å². The van der Waals surface area contributed by atoms with Gasteiger partial charge in [-0.3, -0.25) is 0 Å². The van der Waals surface area contributed by atoms with Gasteiger partial charge < -0.3 is 9.84 Å². The first-order valence-corrected chi connectivity index (χ1v) is 6.25. The van der Waals surface area contributed by atoms with E-state index in [9.17, 15) is 5.11 Å². The molecule has 2 aromatic rings. The summed E-state index contributed by atoms with van der Waals surface area (Å²) < 4.78 is 4.50. The van der Waals surface area contributed by atoms with Crippen molar-refractivity contribution < 1.29 is 9.84 Å². The summed E-state index contributed by atoms with van der Waals surface area (Å²) in [5, 5.41) is 9.59. The second-order valence-electron chi connectivity index (χ2n) is 4.23. The lowest BCUT2D eigenvalue weighted by molar-refractivity contribution is 0.468. The van der Waals surface area contributed by atoms with Gasteiger partial charge in [0.15, 0.2) is 0 Å². The zero-order valence-corrected chi connectivity index (χ0v) is 10.4. The van der Waals surface area contributed by atoms with Crippen LogP contribution in [0.4, 0.5) is 0 Å². The largest absolute Gasteiger partial charge is 0.508 e. The SMILES string of the molecule is C1CO1.Oc1ccccc1CCc1ccccc1. The summed E-state index contributed by atoms with van der Waals surface area (Å²) in [7, 11) is 0. The molecular weight excluding hydrogens is 224 g/mol. The van der Waals surface area contributed by atoms with Crippen LogP contribution in [-0.2, 0) is 17.6 Å². The molecule has 0 amide bonds. The maximum absolute atomic E-state index is 9.59. The summed E-state index contributed by atoms with van der Waals surface area (Å²) in [5.41, 5.74) is 2.32. The average Bonchev–Trinajstić information content (AvgIpc) is 3.27. The topological polar surface area (TPSA) is 32.8 Å². The monoisotopic (exact) mass is 242 g/mol. The Balaban J connectivity index is 0.000000350. The predicted octanol–water partition coefficient (Wildman–Crippen LogP) is 3.19. The number of epoxide rings is 1. The first-order chi connectivity index (χ1) is 8.86. The summed E-state index contributed by atoms with van der Waals surface area (Å²) in [5.74, 6) is 0.397. The number of phenols is 1. The van der Waals surface area contributed by atoms with E-state index >= 15 is 0 Å². The average molecular weight is 242 g/mol. The van der Waals surface area contributed by atoms with E-state index in [0.29, 0.717) is 5.75 Å². The van der Waals surface area contributed by atoms with Crippen LogP contribution in [0.5, 0.6) is 5.75 Å². The van der Waals surface area contributed by atoms with Gasteiger partial charge in [-0.2, -0.15) is 0 Å². The van der Waals surface area contributed by atoms with Crippen molar-refractivity contribution in [1.29, 1.82) is 0 Å². The number of para-hydroxylation sites is 1. The van der Waals surface area contributed by atoms with Crippen LogP contribution in [-0.4, -0.2) is 18.3 Å². The van der Waals surface area contributed by atoms with E-state index < -0.39 is 0 Å². The molecule has 1 heterocycles. The summed E-state index contributed by atoms with van der Waals surface area (Å²) in [6, 6.07) is 17.8. The highest BCUT2D eigenvalue weighted by Gasteiger charge is 1.99. The number of aryl methyl sites for hydroxylation is 2. The fraction of sp³-hybridized carbons (Fsp3) is 0.250. The third kappa shape index (κ3) is 4.60. The van der Waals surface area contributed by atoms with E-state index in [0.717, 1.165) is 31.6 Å². The van der Waals surface area contributed by atoms with Gasteiger partial charge in [0.1, 0.15) is 5.75 Å². The first-order valence-electron chi connectivity index (χ1n) is 6.25. The molecule has 2 aromatic carbocycles. The Bertz CT molecular complexity index is 461. The van der Waals surface area contributed by atoms with E-state index in [4.69, 9.17) is 0 Å².